The summed E-state index contributed by atoms with van der Waals surface area (Å²) in [6, 6.07) is 10.6. The predicted molar refractivity (Wildman–Crippen MR) is 68.3 cm³/mol. The lowest BCUT2D eigenvalue weighted by molar-refractivity contribution is 0.0995. The zero-order valence-electron chi connectivity index (χ0n) is 10.3. The van der Waals surface area contributed by atoms with Crippen LogP contribution in [0.15, 0.2) is 53.8 Å². The minimum absolute atomic E-state index is 0.304. The number of benzene rings is 1. The Morgan fingerprint density at radius 2 is 1.83 bits per heavy atom. The fraction of sp³-hybridized carbons (Fsp3) is 0.143. The van der Waals surface area contributed by atoms with Gasteiger partial charge in [0, 0.05) is 19.4 Å². The van der Waals surface area contributed by atoms with Gasteiger partial charge in [0.05, 0.1) is 18.0 Å². The molecular formula is C14H14N2O2. The van der Waals surface area contributed by atoms with Crippen molar-refractivity contribution in [1.29, 1.82) is 0 Å². The minimum atomic E-state index is -0.304. The maximum absolute atomic E-state index is 12.0. The molecule has 1 amide bonds. The summed E-state index contributed by atoms with van der Waals surface area (Å²) in [4.78, 5) is 16.1. The van der Waals surface area contributed by atoms with E-state index in [1.54, 1.807) is 30.3 Å². The van der Waals surface area contributed by atoms with E-state index in [0.717, 1.165) is 0 Å². The average Bonchev–Trinajstić information content (AvgIpc) is 2.41. The van der Waals surface area contributed by atoms with Crippen LogP contribution in [0.4, 0.5) is 0 Å². The van der Waals surface area contributed by atoms with Gasteiger partial charge in [-0.05, 0) is 24.3 Å². The number of carbonyl (C=O) groups excluding carboxylic acids is 1. The molecule has 0 saturated carbocycles. The van der Waals surface area contributed by atoms with Gasteiger partial charge in [-0.1, -0.05) is 12.1 Å². The van der Waals surface area contributed by atoms with Gasteiger partial charge in [-0.25, -0.2) is 4.99 Å². The number of amides is 1. The SMILES string of the molecule is COc1ccccc1C(=O)N=c1ccn(C)cc1. The molecule has 0 unspecified atom stereocenters. The highest BCUT2D eigenvalue weighted by Crippen LogP contribution is 2.17. The number of ether oxygens (including phenoxy) is 1. The molecule has 0 N–H and O–H groups in total. The number of para-hydroxylation sites is 1. The van der Waals surface area contributed by atoms with E-state index in [1.165, 1.54) is 7.11 Å². The zero-order chi connectivity index (χ0) is 13.0. The number of hydrogen-bond donors (Lipinski definition) is 0. The number of pyridine rings is 1. The first-order valence-corrected chi connectivity index (χ1v) is 5.55. The summed E-state index contributed by atoms with van der Waals surface area (Å²) in [6.07, 6.45) is 3.68. The van der Waals surface area contributed by atoms with Gasteiger partial charge in [0.1, 0.15) is 5.75 Å². The summed E-state index contributed by atoms with van der Waals surface area (Å²) in [6.45, 7) is 0. The first kappa shape index (κ1) is 12.1. The maximum Gasteiger partial charge on any atom is 0.281 e. The van der Waals surface area contributed by atoms with E-state index in [0.29, 0.717) is 16.7 Å². The molecule has 0 aliphatic carbocycles. The van der Waals surface area contributed by atoms with Crippen molar-refractivity contribution in [2.45, 2.75) is 0 Å². The number of aromatic nitrogens is 1. The Morgan fingerprint density at radius 3 is 2.50 bits per heavy atom. The first-order chi connectivity index (χ1) is 8.70. The molecule has 0 saturated heterocycles. The van der Waals surface area contributed by atoms with Crippen molar-refractivity contribution in [2.75, 3.05) is 7.11 Å². The van der Waals surface area contributed by atoms with Crippen molar-refractivity contribution >= 4 is 5.91 Å². The average molecular weight is 242 g/mol. The molecule has 0 bridgehead atoms. The molecule has 2 aromatic rings. The van der Waals surface area contributed by atoms with Crippen LogP contribution in [0, 0.1) is 0 Å². The van der Waals surface area contributed by atoms with Gasteiger partial charge in [-0.3, -0.25) is 4.79 Å². The van der Waals surface area contributed by atoms with E-state index in [1.807, 2.05) is 30.1 Å². The van der Waals surface area contributed by atoms with Crippen LogP contribution in [0.1, 0.15) is 10.4 Å². The second kappa shape index (κ2) is 5.31. The van der Waals surface area contributed by atoms with Gasteiger partial charge in [-0.15, -0.1) is 0 Å². The molecule has 1 aromatic heterocycles. The molecule has 0 aliphatic rings. The highest BCUT2D eigenvalue weighted by Gasteiger charge is 2.09. The molecule has 0 radical (unpaired) electrons. The van der Waals surface area contributed by atoms with Crippen LogP contribution in [0.25, 0.3) is 0 Å². The molecule has 4 heteroatoms. The lowest BCUT2D eigenvalue weighted by atomic mass is 10.2. The monoisotopic (exact) mass is 242 g/mol. The topological polar surface area (TPSA) is 43.6 Å². The minimum Gasteiger partial charge on any atom is -0.496 e. The summed E-state index contributed by atoms with van der Waals surface area (Å²) < 4.78 is 7.02. The summed E-state index contributed by atoms with van der Waals surface area (Å²) in [5, 5.41) is 0.629. The van der Waals surface area contributed by atoms with Crippen molar-refractivity contribution in [3.63, 3.8) is 0 Å². The van der Waals surface area contributed by atoms with Crippen molar-refractivity contribution in [3.05, 3.63) is 59.7 Å². The molecule has 2 rings (SSSR count). The van der Waals surface area contributed by atoms with E-state index < -0.39 is 0 Å². The van der Waals surface area contributed by atoms with Crippen LogP contribution in [0.2, 0.25) is 0 Å². The van der Waals surface area contributed by atoms with E-state index in [4.69, 9.17) is 4.74 Å². The zero-order valence-corrected chi connectivity index (χ0v) is 10.3. The summed E-state index contributed by atoms with van der Waals surface area (Å²) in [5.74, 6) is 0.231. The molecule has 0 spiro atoms. The van der Waals surface area contributed by atoms with E-state index in [-0.39, 0.29) is 5.91 Å². The number of methoxy groups -OCH3 is 1. The van der Waals surface area contributed by atoms with Gasteiger partial charge < -0.3 is 9.30 Å². The Labute approximate surface area is 105 Å². The van der Waals surface area contributed by atoms with Crippen molar-refractivity contribution in [1.82, 2.24) is 4.57 Å². The van der Waals surface area contributed by atoms with E-state index >= 15 is 0 Å². The largest absolute Gasteiger partial charge is 0.496 e. The highest BCUT2D eigenvalue weighted by molar-refractivity contribution is 5.97. The Balaban J connectivity index is 2.38. The third-order valence-corrected chi connectivity index (χ3v) is 2.53. The standard InChI is InChI=1S/C14H14N2O2/c1-16-9-7-11(8-10-16)15-14(17)12-5-3-4-6-13(12)18-2/h3-10H,1-2H3. The molecule has 1 aromatic carbocycles. The second-order valence-corrected chi connectivity index (χ2v) is 3.84. The second-order valence-electron chi connectivity index (χ2n) is 3.84. The van der Waals surface area contributed by atoms with E-state index in [9.17, 15) is 4.79 Å². The smallest absolute Gasteiger partial charge is 0.281 e. The van der Waals surface area contributed by atoms with Gasteiger partial charge in [0.15, 0.2) is 0 Å². The van der Waals surface area contributed by atoms with Crippen molar-refractivity contribution < 1.29 is 9.53 Å². The number of hydrogen-bond acceptors (Lipinski definition) is 2. The molecule has 0 aliphatic heterocycles. The van der Waals surface area contributed by atoms with Crippen molar-refractivity contribution in [3.8, 4) is 5.75 Å². The molecular weight excluding hydrogens is 228 g/mol. The van der Waals surface area contributed by atoms with Crippen LogP contribution in [0.3, 0.4) is 0 Å². The van der Waals surface area contributed by atoms with Gasteiger partial charge in [0.2, 0.25) is 0 Å². The Bertz CT molecular complexity index is 609. The Morgan fingerprint density at radius 1 is 1.17 bits per heavy atom. The first-order valence-electron chi connectivity index (χ1n) is 5.55. The Hall–Kier alpha value is -2.36. The molecule has 0 atom stereocenters. The fourth-order valence-electron chi connectivity index (χ4n) is 1.57. The van der Waals surface area contributed by atoms with Crippen molar-refractivity contribution in [2.24, 2.45) is 12.0 Å². The normalized spacial score (nSPS) is 9.89. The number of carbonyl (C=O) groups is 1. The number of aryl methyl sites for hydroxylation is 1. The Kier molecular flexibility index (Phi) is 3.57. The van der Waals surface area contributed by atoms with Crippen LogP contribution in [-0.4, -0.2) is 17.6 Å². The predicted octanol–water partition coefficient (Wildman–Crippen LogP) is 1.77. The number of nitrogens with zero attached hydrogens (tertiary/aromatic N) is 2. The highest BCUT2D eigenvalue weighted by atomic mass is 16.5. The van der Waals surface area contributed by atoms with Crippen LogP contribution < -0.4 is 10.1 Å². The molecule has 0 fully saturated rings. The van der Waals surface area contributed by atoms with Gasteiger partial charge in [-0.2, -0.15) is 0 Å². The van der Waals surface area contributed by atoms with Gasteiger partial charge in [0.25, 0.3) is 5.91 Å². The van der Waals surface area contributed by atoms with Crippen LogP contribution in [0.5, 0.6) is 5.75 Å². The lowest BCUT2D eigenvalue weighted by Gasteiger charge is -2.03. The van der Waals surface area contributed by atoms with Gasteiger partial charge >= 0.3 is 0 Å². The molecule has 92 valence electrons. The quantitative estimate of drug-likeness (QED) is 0.805. The van der Waals surface area contributed by atoms with E-state index in [2.05, 4.69) is 4.99 Å². The van der Waals surface area contributed by atoms with Crippen LogP contribution in [-0.2, 0) is 7.05 Å². The maximum atomic E-state index is 12.0. The molecule has 18 heavy (non-hydrogen) atoms. The third-order valence-electron chi connectivity index (χ3n) is 2.53. The lowest BCUT2D eigenvalue weighted by Crippen LogP contribution is -2.08. The summed E-state index contributed by atoms with van der Waals surface area (Å²) in [5.41, 5.74) is 0.466. The summed E-state index contributed by atoms with van der Waals surface area (Å²) >= 11 is 0. The summed E-state index contributed by atoms with van der Waals surface area (Å²) in [7, 11) is 3.44. The molecule has 4 nitrogen and oxygen atoms in total. The third kappa shape index (κ3) is 2.66. The molecule has 1 heterocycles. The van der Waals surface area contributed by atoms with Crippen LogP contribution >= 0.6 is 0 Å². The number of rotatable bonds is 2. The fourth-order valence-corrected chi connectivity index (χ4v) is 1.57.